The van der Waals surface area contributed by atoms with Gasteiger partial charge in [0.2, 0.25) is 15.9 Å². The third-order valence-corrected chi connectivity index (χ3v) is 8.57. The van der Waals surface area contributed by atoms with Crippen molar-refractivity contribution in [1.82, 2.24) is 9.21 Å². The van der Waals surface area contributed by atoms with Crippen LogP contribution in [0.2, 0.25) is 0 Å². The van der Waals surface area contributed by atoms with Crippen molar-refractivity contribution in [2.45, 2.75) is 30.2 Å². The molecule has 9 heteroatoms. The van der Waals surface area contributed by atoms with Crippen LogP contribution in [0.3, 0.4) is 0 Å². The Kier molecular flexibility index (Phi) is 5.89. The summed E-state index contributed by atoms with van der Waals surface area (Å²) in [5, 5.41) is 5.02. The van der Waals surface area contributed by atoms with Gasteiger partial charge in [-0.25, -0.2) is 12.7 Å². The molecular weight excluding hydrogens is 422 g/mol. The summed E-state index contributed by atoms with van der Waals surface area (Å²) in [5.74, 6) is 0.735. The average Bonchev–Trinajstić information content (AvgIpc) is 3.43. The molecule has 1 fully saturated rings. The summed E-state index contributed by atoms with van der Waals surface area (Å²) in [5.41, 5.74) is 1.82. The zero-order chi connectivity index (χ0) is 21.5. The first-order valence-electron chi connectivity index (χ1n) is 10.0. The molecule has 1 aromatic heterocycles. The molecule has 7 nitrogen and oxygen atoms in total. The van der Waals surface area contributed by atoms with E-state index in [-0.39, 0.29) is 23.1 Å². The Labute approximate surface area is 181 Å². The number of anilines is 1. The van der Waals surface area contributed by atoms with Gasteiger partial charge in [-0.15, -0.1) is 11.3 Å². The Morgan fingerprint density at radius 1 is 1.30 bits per heavy atom. The highest BCUT2D eigenvalue weighted by Crippen LogP contribution is 2.48. The number of rotatable bonds is 7. The van der Waals surface area contributed by atoms with Gasteiger partial charge in [-0.05, 0) is 60.4 Å². The maximum atomic E-state index is 12.8. The summed E-state index contributed by atoms with van der Waals surface area (Å²) >= 11 is 1.81. The van der Waals surface area contributed by atoms with Crippen molar-refractivity contribution >= 4 is 33.0 Å². The van der Waals surface area contributed by atoms with E-state index < -0.39 is 10.0 Å². The molecule has 1 amide bonds. The summed E-state index contributed by atoms with van der Waals surface area (Å²) in [6.07, 6.45) is 3.39. The topological polar surface area (TPSA) is 79.0 Å². The average molecular weight is 450 g/mol. The summed E-state index contributed by atoms with van der Waals surface area (Å²) in [6, 6.07) is 7.20. The fourth-order valence-electron chi connectivity index (χ4n) is 4.08. The van der Waals surface area contributed by atoms with Crippen molar-refractivity contribution in [2.75, 3.05) is 39.6 Å². The summed E-state index contributed by atoms with van der Waals surface area (Å²) < 4.78 is 31.6. The van der Waals surface area contributed by atoms with Crippen LogP contribution in [0.15, 0.2) is 34.5 Å². The first kappa shape index (κ1) is 21.3. The van der Waals surface area contributed by atoms with E-state index >= 15 is 0 Å². The lowest BCUT2D eigenvalue weighted by molar-refractivity contribution is -0.118. The van der Waals surface area contributed by atoms with E-state index in [9.17, 15) is 13.2 Å². The lowest BCUT2D eigenvalue weighted by atomic mass is 9.96. The fourth-order valence-corrected chi connectivity index (χ4v) is 6.07. The number of hydrogen-bond acceptors (Lipinski definition) is 6. The molecule has 1 aliphatic heterocycles. The second-order valence-corrected chi connectivity index (χ2v) is 11.1. The second kappa shape index (κ2) is 8.30. The molecule has 2 aromatic rings. The van der Waals surface area contributed by atoms with E-state index in [1.54, 1.807) is 12.1 Å². The normalized spacial score (nSPS) is 19.5. The molecule has 0 bridgehead atoms. The van der Waals surface area contributed by atoms with Gasteiger partial charge in [-0.3, -0.25) is 9.69 Å². The third-order valence-electron chi connectivity index (χ3n) is 5.74. The van der Waals surface area contributed by atoms with Crippen LogP contribution in [0.5, 0.6) is 5.75 Å². The van der Waals surface area contributed by atoms with Crippen molar-refractivity contribution in [3.05, 3.63) is 40.1 Å². The van der Waals surface area contributed by atoms with Crippen molar-refractivity contribution in [3.8, 4) is 5.75 Å². The number of amides is 1. The van der Waals surface area contributed by atoms with Gasteiger partial charge in [0.1, 0.15) is 10.6 Å². The predicted molar refractivity (Wildman–Crippen MR) is 118 cm³/mol. The fraction of sp³-hybridized carbons (Fsp3) is 0.476. The maximum Gasteiger partial charge on any atom is 0.246 e. The van der Waals surface area contributed by atoms with Crippen LogP contribution < -0.4 is 10.1 Å². The quantitative estimate of drug-likeness (QED) is 0.703. The zero-order valence-electron chi connectivity index (χ0n) is 17.4. The Morgan fingerprint density at radius 3 is 2.73 bits per heavy atom. The molecule has 2 aliphatic rings. The number of ether oxygens (including phenoxy) is 1. The van der Waals surface area contributed by atoms with Crippen LogP contribution in [0.4, 0.5) is 5.69 Å². The van der Waals surface area contributed by atoms with Gasteiger partial charge in [-0.2, -0.15) is 0 Å². The SMILES string of the molecule is COc1ccc(NC(=O)CN2CCc3sccc3[C@H]2C2CC2)cc1S(=O)(=O)N(C)C. The number of sulfonamides is 1. The molecule has 1 aliphatic carbocycles. The smallest absolute Gasteiger partial charge is 0.246 e. The summed E-state index contributed by atoms with van der Waals surface area (Å²) in [7, 11) is 0.661. The monoisotopic (exact) mass is 449 g/mol. The minimum absolute atomic E-state index is 0.0320. The van der Waals surface area contributed by atoms with Gasteiger partial charge in [0, 0.05) is 37.2 Å². The van der Waals surface area contributed by atoms with Gasteiger partial charge in [-0.1, -0.05) is 0 Å². The Bertz CT molecular complexity index is 1040. The van der Waals surface area contributed by atoms with Crippen LogP contribution in [-0.4, -0.2) is 57.8 Å². The Hall–Kier alpha value is -1.94. The first-order chi connectivity index (χ1) is 14.3. The molecule has 162 valence electrons. The number of carbonyl (C=O) groups excluding carboxylic acids is 1. The lowest BCUT2D eigenvalue weighted by Gasteiger charge is -2.35. The number of methoxy groups -OCH3 is 1. The minimum Gasteiger partial charge on any atom is -0.495 e. The van der Waals surface area contributed by atoms with E-state index in [2.05, 4.69) is 21.7 Å². The molecule has 1 N–H and O–H groups in total. The van der Waals surface area contributed by atoms with E-state index in [0.717, 1.165) is 17.3 Å². The number of benzene rings is 1. The molecule has 0 radical (unpaired) electrons. The Balaban J connectivity index is 1.51. The summed E-state index contributed by atoms with van der Waals surface area (Å²) in [4.78, 5) is 16.6. The highest BCUT2D eigenvalue weighted by molar-refractivity contribution is 7.89. The van der Waals surface area contributed by atoms with E-state index in [0.29, 0.717) is 17.6 Å². The minimum atomic E-state index is -3.70. The van der Waals surface area contributed by atoms with E-state index in [1.165, 1.54) is 50.6 Å². The largest absolute Gasteiger partial charge is 0.495 e. The molecule has 1 atom stereocenters. The number of nitrogens with one attached hydrogen (secondary N) is 1. The molecule has 0 saturated heterocycles. The maximum absolute atomic E-state index is 12.8. The van der Waals surface area contributed by atoms with Crippen molar-refractivity contribution in [1.29, 1.82) is 0 Å². The van der Waals surface area contributed by atoms with Crippen molar-refractivity contribution < 1.29 is 17.9 Å². The number of thiophene rings is 1. The molecule has 30 heavy (non-hydrogen) atoms. The second-order valence-electron chi connectivity index (χ2n) is 8.00. The highest BCUT2D eigenvalue weighted by atomic mass is 32.2. The number of fused-ring (bicyclic) bond motifs is 1. The lowest BCUT2D eigenvalue weighted by Crippen LogP contribution is -2.41. The molecule has 1 aromatic carbocycles. The van der Waals surface area contributed by atoms with Gasteiger partial charge >= 0.3 is 0 Å². The molecule has 2 heterocycles. The van der Waals surface area contributed by atoms with Crippen LogP contribution >= 0.6 is 11.3 Å². The van der Waals surface area contributed by atoms with Crippen molar-refractivity contribution in [3.63, 3.8) is 0 Å². The van der Waals surface area contributed by atoms with Crippen LogP contribution in [0.1, 0.15) is 29.3 Å². The van der Waals surface area contributed by atoms with Crippen LogP contribution in [0, 0.1) is 5.92 Å². The molecule has 0 unspecified atom stereocenters. The van der Waals surface area contributed by atoms with Gasteiger partial charge in [0.05, 0.1) is 13.7 Å². The van der Waals surface area contributed by atoms with E-state index in [1.807, 2.05) is 11.3 Å². The first-order valence-corrected chi connectivity index (χ1v) is 12.3. The van der Waals surface area contributed by atoms with Crippen LogP contribution in [0.25, 0.3) is 0 Å². The number of nitrogens with zero attached hydrogens (tertiary/aromatic N) is 2. The summed E-state index contributed by atoms with van der Waals surface area (Å²) in [6.45, 7) is 1.16. The van der Waals surface area contributed by atoms with E-state index in [4.69, 9.17) is 4.74 Å². The number of hydrogen-bond donors (Lipinski definition) is 1. The predicted octanol–water partition coefficient (Wildman–Crippen LogP) is 2.95. The number of carbonyl (C=O) groups is 1. The van der Waals surface area contributed by atoms with Crippen molar-refractivity contribution in [2.24, 2.45) is 5.92 Å². The van der Waals surface area contributed by atoms with Gasteiger partial charge in [0.15, 0.2) is 0 Å². The molecule has 1 saturated carbocycles. The Morgan fingerprint density at radius 2 is 2.07 bits per heavy atom. The molecule has 4 rings (SSSR count). The standard InChI is InChI=1S/C21H27N3O4S2/c1-23(2)30(26,27)19-12-15(6-7-17(19)28-3)22-20(25)13-24-10-8-18-16(9-11-29-18)21(24)14-4-5-14/h6-7,9,11-12,14,21H,4-5,8,10,13H2,1-3H3,(H,22,25)/t21-/m1/s1. The third kappa shape index (κ3) is 4.12. The zero-order valence-corrected chi connectivity index (χ0v) is 19.1. The molecular formula is C21H27N3O4S2. The van der Waals surface area contributed by atoms with Crippen LogP contribution in [-0.2, 0) is 21.2 Å². The van der Waals surface area contributed by atoms with Gasteiger partial charge < -0.3 is 10.1 Å². The van der Waals surface area contributed by atoms with Gasteiger partial charge in [0.25, 0.3) is 0 Å². The highest BCUT2D eigenvalue weighted by Gasteiger charge is 2.40. The molecule has 0 spiro atoms.